The summed E-state index contributed by atoms with van der Waals surface area (Å²) in [7, 11) is 0. The van der Waals surface area contributed by atoms with Crippen molar-refractivity contribution in [2.45, 2.75) is 20.4 Å². The molecule has 0 aliphatic heterocycles. The van der Waals surface area contributed by atoms with Crippen LogP contribution in [0.15, 0.2) is 88.7 Å². The SMILES string of the molecule is CC(C)CN(C(=O)c1cccc(-n2cccc2)c1)c1c(N)n(Cc2ccccc2)c(=O)[nH]c1=O. The maximum absolute atomic E-state index is 13.7. The summed E-state index contributed by atoms with van der Waals surface area (Å²) < 4.78 is 3.17. The van der Waals surface area contributed by atoms with Gasteiger partial charge in [-0.3, -0.25) is 19.1 Å². The van der Waals surface area contributed by atoms with Crippen molar-refractivity contribution >= 4 is 17.4 Å². The number of benzene rings is 2. The average molecular weight is 458 g/mol. The highest BCUT2D eigenvalue weighted by atomic mass is 16.2. The van der Waals surface area contributed by atoms with Gasteiger partial charge in [-0.1, -0.05) is 50.2 Å². The van der Waals surface area contributed by atoms with E-state index in [0.29, 0.717) is 5.56 Å². The van der Waals surface area contributed by atoms with Crippen molar-refractivity contribution in [3.8, 4) is 5.69 Å². The minimum absolute atomic E-state index is 0.0272. The first-order valence-corrected chi connectivity index (χ1v) is 11.1. The Hall–Kier alpha value is -4.33. The van der Waals surface area contributed by atoms with E-state index in [1.165, 1.54) is 9.47 Å². The molecule has 2 aromatic heterocycles. The van der Waals surface area contributed by atoms with E-state index in [2.05, 4.69) is 4.98 Å². The number of nitrogen functional groups attached to an aromatic ring is 1. The first-order chi connectivity index (χ1) is 16.3. The second-order valence-corrected chi connectivity index (χ2v) is 8.52. The third-order valence-electron chi connectivity index (χ3n) is 5.46. The van der Waals surface area contributed by atoms with Gasteiger partial charge in [-0.25, -0.2) is 4.79 Å². The highest BCUT2D eigenvalue weighted by molar-refractivity contribution is 6.07. The molecule has 34 heavy (non-hydrogen) atoms. The van der Waals surface area contributed by atoms with E-state index >= 15 is 0 Å². The van der Waals surface area contributed by atoms with Crippen LogP contribution in [0.5, 0.6) is 0 Å². The van der Waals surface area contributed by atoms with Crippen LogP contribution in [0.3, 0.4) is 0 Å². The summed E-state index contributed by atoms with van der Waals surface area (Å²) in [4.78, 5) is 42.9. The second-order valence-electron chi connectivity index (χ2n) is 8.52. The normalized spacial score (nSPS) is 11.0. The zero-order valence-corrected chi connectivity index (χ0v) is 19.1. The molecule has 4 rings (SSSR count). The van der Waals surface area contributed by atoms with Gasteiger partial charge in [0.25, 0.3) is 11.5 Å². The first kappa shape index (κ1) is 22.8. The van der Waals surface area contributed by atoms with Crippen LogP contribution in [0.1, 0.15) is 29.8 Å². The Labute approximate surface area is 196 Å². The van der Waals surface area contributed by atoms with Crippen molar-refractivity contribution in [3.05, 3.63) is 111 Å². The highest BCUT2D eigenvalue weighted by Crippen LogP contribution is 2.22. The Balaban J connectivity index is 1.80. The summed E-state index contributed by atoms with van der Waals surface area (Å²) in [6, 6.07) is 20.3. The number of rotatable bonds is 7. The lowest BCUT2D eigenvalue weighted by molar-refractivity contribution is 0.0983. The molecule has 2 aromatic carbocycles. The van der Waals surface area contributed by atoms with Crippen LogP contribution < -0.4 is 21.9 Å². The summed E-state index contributed by atoms with van der Waals surface area (Å²) >= 11 is 0. The molecular weight excluding hydrogens is 430 g/mol. The number of H-pyrrole nitrogens is 1. The molecule has 0 saturated heterocycles. The molecule has 4 aromatic rings. The fourth-order valence-electron chi connectivity index (χ4n) is 3.86. The van der Waals surface area contributed by atoms with Crippen LogP contribution in [0, 0.1) is 5.92 Å². The first-order valence-electron chi connectivity index (χ1n) is 11.1. The summed E-state index contributed by atoms with van der Waals surface area (Å²) in [5.41, 5.74) is 7.10. The number of carbonyl (C=O) groups is 1. The molecule has 0 spiro atoms. The van der Waals surface area contributed by atoms with Crippen molar-refractivity contribution in [1.82, 2.24) is 14.1 Å². The largest absolute Gasteiger partial charge is 0.383 e. The molecule has 0 bridgehead atoms. The molecule has 8 heteroatoms. The molecule has 0 atom stereocenters. The number of carbonyl (C=O) groups excluding carboxylic acids is 1. The zero-order chi connectivity index (χ0) is 24.2. The predicted octanol–water partition coefficient (Wildman–Crippen LogP) is 3.26. The van der Waals surface area contributed by atoms with Gasteiger partial charge < -0.3 is 15.2 Å². The van der Waals surface area contributed by atoms with Gasteiger partial charge in [-0.15, -0.1) is 0 Å². The Morgan fingerprint density at radius 2 is 1.71 bits per heavy atom. The van der Waals surface area contributed by atoms with E-state index in [9.17, 15) is 14.4 Å². The average Bonchev–Trinajstić information content (AvgIpc) is 3.36. The molecule has 3 N–H and O–H groups in total. The van der Waals surface area contributed by atoms with Gasteiger partial charge >= 0.3 is 5.69 Å². The van der Waals surface area contributed by atoms with Gasteiger partial charge in [0.05, 0.1) is 6.54 Å². The van der Waals surface area contributed by atoms with E-state index in [-0.39, 0.29) is 36.4 Å². The lowest BCUT2D eigenvalue weighted by atomic mass is 10.1. The minimum atomic E-state index is -0.692. The van der Waals surface area contributed by atoms with Gasteiger partial charge in [0.2, 0.25) is 0 Å². The van der Waals surface area contributed by atoms with Crippen LogP contribution >= 0.6 is 0 Å². The van der Waals surface area contributed by atoms with Gasteiger partial charge in [-0.2, -0.15) is 0 Å². The number of nitrogens with one attached hydrogen (secondary N) is 1. The predicted molar refractivity (Wildman–Crippen MR) is 134 cm³/mol. The standard InChI is InChI=1S/C26H27N5O3/c1-18(2)16-30(25(33)20-11-8-12-21(15-20)29-13-6-7-14-29)22-23(27)31(26(34)28-24(22)32)17-19-9-4-3-5-10-19/h3-15,18H,16-17,27H2,1-2H3,(H,28,32,34). The van der Waals surface area contributed by atoms with E-state index in [0.717, 1.165) is 11.3 Å². The highest BCUT2D eigenvalue weighted by Gasteiger charge is 2.26. The molecule has 0 aliphatic carbocycles. The maximum atomic E-state index is 13.7. The molecule has 0 unspecified atom stereocenters. The lowest BCUT2D eigenvalue weighted by Crippen LogP contribution is -2.42. The van der Waals surface area contributed by atoms with E-state index in [4.69, 9.17) is 5.73 Å². The summed E-state index contributed by atoms with van der Waals surface area (Å²) in [6.07, 6.45) is 3.77. The van der Waals surface area contributed by atoms with Gasteiger partial charge in [0.15, 0.2) is 5.69 Å². The van der Waals surface area contributed by atoms with Crippen molar-refractivity contribution in [1.29, 1.82) is 0 Å². The number of anilines is 2. The summed E-state index contributed by atoms with van der Waals surface area (Å²) in [5, 5.41) is 0. The van der Waals surface area contributed by atoms with E-state index in [1.54, 1.807) is 18.2 Å². The van der Waals surface area contributed by atoms with Crippen LogP contribution in [0.2, 0.25) is 0 Å². The van der Waals surface area contributed by atoms with Gasteiger partial charge in [-0.05, 0) is 41.8 Å². The number of nitrogens with zero attached hydrogens (tertiary/aromatic N) is 3. The third kappa shape index (κ3) is 4.71. The molecule has 1 amide bonds. The van der Waals surface area contributed by atoms with Crippen LogP contribution in [0.4, 0.5) is 11.5 Å². The summed E-state index contributed by atoms with van der Waals surface area (Å²) in [5.74, 6) is -0.372. The van der Waals surface area contributed by atoms with Crippen LogP contribution in [-0.2, 0) is 6.54 Å². The third-order valence-corrected chi connectivity index (χ3v) is 5.46. The molecular formula is C26H27N5O3. The smallest absolute Gasteiger partial charge is 0.330 e. The zero-order valence-electron chi connectivity index (χ0n) is 19.1. The molecule has 8 nitrogen and oxygen atoms in total. The van der Waals surface area contributed by atoms with Crippen LogP contribution in [-0.4, -0.2) is 26.6 Å². The lowest BCUT2D eigenvalue weighted by Gasteiger charge is -2.26. The van der Waals surface area contributed by atoms with Gasteiger partial charge in [0.1, 0.15) is 5.82 Å². The molecule has 0 radical (unpaired) electrons. The van der Waals surface area contributed by atoms with Crippen LogP contribution in [0.25, 0.3) is 5.69 Å². The van der Waals surface area contributed by atoms with Crippen molar-refractivity contribution in [2.75, 3.05) is 17.2 Å². The second kappa shape index (κ2) is 9.66. The number of amides is 1. The van der Waals surface area contributed by atoms with E-state index in [1.807, 2.05) is 79.3 Å². The Morgan fingerprint density at radius 3 is 2.38 bits per heavy atom. The quantitative estimate of drug-likeness (QED) is 0.444. The van der Waals surface area contributed by atoms with Crippen molar-refractivity contribution in [2.24, 2.45) is 5.92 Å². The molecule has 0 aliphatic rings. The topological polar surface area (TPSA) is 106 Å². The van der Waals surface area contributed by atoms with Crippen molar-refractivity contribution < 1.29 is 4.79 Å². The Morgan fingerprint density at radius 1 is 1.00 bits per heavy atom. The monoisotopic (exact) mass is 457 g/mol. The fourth-order valence-corrected chi connectivity index (χ4v) is 3.86. The number of aromatic amines is 1. The van der Waals surface area contributed by atoms with E-state index < -0.39 is 11.2 Å². The number of aromatic nitrogens is 3. The minimum Gasteiger partial charge on any atom is -0.383 e. The number of hydrogen-bond donors (Lipinski definition) is 2. The Bertz CT molecular complexity index is 1400. The molecule has 174 valence electrons. The van der Waals surface area contributed by atoms with Gasteiger partial charge in [0, 0.05) is 30.2 Å². The summed E-state index contributed by atoms with van der Waals surface area (Å²) in [6.45, 7) is 4.31. The molecule has 2 heterocycles. The number of hydrogen-bond acceptors (Lipinski definition) is 4. The maximum Gasteiger partial charge on any atom is 0.330 e. The fraction of sp³-hybridized carbons (Fsp3) is 0.192. The molecule has 0 saturated carbocycles. The van der Waals surface area contributed by atoms with Crippen molar-refractivity contribution in [3.63, 3.8) is 0 Å². The Kier molecular flexibility index (Phi) is 6.49. The number of nitrogens with two attached hydrogens (primary N) is 1. The molecule has 0 fully saturated rings.